The Kier molecular flexibility index (Phi) is 5.15. The Labute approximate surface area is 128 Å². The fourth-order valence-electron chi connectivity index (χ4n) is 2.19. The van der Waals surface area contributed by atoms with Crippen molar-refractivity contribution in [3.63, 3.8) is 0 Å². The summed E-state index contributed by atoms with van der Waals surface area (Å²) in [6, 6.07) is 12.5. The maximum Gasteiger partial charge on any atom is 0.133 e. The molecule has 1 heterocycles. The van der Waals surface area contributed by atoms with Gasteiger partial charge in [-0.15, -0.1) is 0 Å². The number of hydrogen-bond acceptors (Lipinski definition) is 3. The molecule has 1 atom stereocenters. The number of pyridine rings is 1. The topological polar surface area (TPSA) is 34.1 Å². The van der Waals surface area contributed by atoms with Gasteiger partial charge in [-0.1, -0.05) is 12.1 Å². The number of benzene rings is 1. The summed E-state index contributed by atoms with van der Waals surface area (Å²) in [7, 11) is 3.64. The number of rotatable bonds is 5. The Hall–Kier alpha value is -1.39. The van der Waals surface area contributed by atoms with Gasteiger partial charge in [0.25, 0.3) is 0 Å². The van der Waals surface area contributed by atoms with Gasteiger partial charge in [-0.3, -0.25) is 4.98 Å². The second kappa shape index (κ2) is 6.86. The fraction of sp³-hybridized carbons (Fsp3) is 0.312. The van der Waals surface area contributed by atoms with Crippen LogP contribution >= 0.6 is 15.9 Å². The third-order valence-corrected chi connectivity index (χ3v) is 3.89. The molecule has 1 N–H and O–H groups in total. The zero-order chi connectivity index (χ0) is 14.5. The molecule has 2 rings (SSSR count). The summed E-state index contributed by atoms with van der Waals surface area (Å²) < 4.78 is 6.23. The molecule has 0 amide bonds. The minimum Gasteiger partial charge on any atom is -0.496 e. The summed E-state index contributed by atoms with van der Waals surface area (Å²) >= 11 is 3.53. The summed E-state index contributed by atoms with van der Waals surface area (Å²) in [5, 5.41) is 3.33. The van der Waals surface area contributed by atoms with Gasteiger partial charge >= 0.3 is 0 Å². The fourth-order valence-corrected chi connectivity index (χ4v) is 2.77. The van der Waals surface area contributed by atoms with E-state index in [1.54, 1.807) is 7.11 Å². The summed E-state index contributed by atoms with van der Waals surface area (Å²) in [5.74, 6) is 0.850. The summed E-state index contributed by atoms with van der Waals surface area (Å²) in [5.41, 5.74) is 3.35. The number of aromatic nitrogens is 1. The van der Waals surface area contributed by atoms with E-state index in [1.807, 2.05) is 32.2 Å². The van der Waals surface area contributed by atoms with Crippen molar-refractivity contribution in [3.05, 3.63) is 57.8 Å². The van der Waals surface area contributed by atoms with Crippen molar-refractivity contribution in [2.24, 2.45) is 0 Å². The van der Waals surface area contributed by atoms with E-state index in [1.165, 1.54) is 5.56 Å². The van der Waals surface area contributed by atoms with E-state index in [4.69, 9.17) is 4.74 Å². The molecule has 1 aromatic heterocycles. The number of ether oxygens (including phenoxy) is 1. The highest BCUT2D eigenvalue weighted by atomic mass is 79.9. The van der Waals surface area contributed by atoms with Crippen molar-refractivity contribution in [1.82, 2.24) is 10.3 Å². The van der Waals surface area contributed by atoms with E-state index >= 15 is 0 Å². The van der Waals surface area contributed by atoms with Crippen LogP contribution in [0.25, 0.3) is 0 Å². The average molecular weight is 335 g/mol. The molecule has 20 heavy (non-hydrogen) atoms. The van der Waals surface area contributed by atoms with Crippen LogP contribution in [0.3, 0.4) is 0 Å². The quantitative estimate of drug-likeness (QED) is 0.905. The van der Waals surface area contributed by atoms with Crippen molar-refractivity contribution >= 4 is 15.9 Å². The number of likely N-dealkylation sites (N-methyl/N-ethyl adjacent to an activating group) is 1. The maximum atomic E-state index is 5.26. The number of hydrogen-bond donors (Lipinski definition) is 1. The molecule has 0 aliphatic carbocycles. The highest BCUT2D eigenvalue weighted by molar-refractivity contribution is 9.10. The highest BCUT2D eigenvalue weighted by Crippen LogP contribution is 2.27. The van der Waals surface area contributed by atoms with Crippen molar-refractivity contribution in [2.75, 3.05) is 14.2 Å². The van der Waals surface area contributed by atoms with Crippen LogP contribution in [0.1, 0.15) is 23.0 Å². The number of nitrogens with one attached hydrogen (secondary N) is 1. The molecule has 0 aliphatic rings. The van der Waals surface area contributed by atoms with Gasteiger partial charge in [0.2, 0.25) is 0 Å². The molecule has 0 aliphatic heterocycles. The molecule has 0 fully saturated rings. The van der Waals surface area contributed by atoms with Crippen molar-refractivity contribution in [2.45, 2.75) is 19.4 Å². The highest BCUT2D eigenvalue weighted by Gasteiger charge is 2.12. The van der Waals surface area contributed by atoms with Gasteiger partial charge in [0, 0.05) is 5.69 Å². The van der Waals surface area contributed by atoms with E-state index < -0.39 is 0 Å². The molecule has 1 unspecified atom stereocenters. The first-order chi connectivity index (χ1) is 9.63. The largest absolute Gasteiger partial charge is 0.496 e. The molecule has 3 nitrogen and oxygen atoms in total. The van der Waals surface area contributed by atoms with E-state index in [2.05, 4.69) is 44.4 Å². The van der Waals surface area contributed by atoms with E-state index in [9.17, 15) is 0 Å². The SMILES string of the molecule is CNC(Cc1ccc(OC)c(Br)c1)c1cccc(C)n1. The Morgan fingerprint density at radius 1 is 1.30 bits per heavy atom. The van der Waals surface area contributed by atoms with Gasteiger partial charge in [0.15, 0.2) is 0 Å². The molecule has 0 saturated heterocycles. The molecule has 0 radical (unpaired) electrons. The molecular formula is C16H19BrN2O. The van der Waals surface area contributed by atoms with Crippen LogP contribution < -0.4 is 10.1 Å². The molecule has 4 heteroatoms. The number of methoxy groups -OCH3 is 1. The number of aryl methyl sites for hydroxylation is 1. The van der Waals surface area contributed by atoms with E-state index in [-0.39, 0.29) is 6.04 Å². The summed E-state index contributed by atoms with van der Waals surface area (Å²) in [6.45, 7) is 2.01. The predicted molar refractivity (Wildman–Crippen MR) is 85.2 cm³/mol. The summed E-state index contributed by atoms with van der Waals surface area (Å²) in [4.78, 5) is 4.60. The second-order valence-electron chi connectivity index (χ2n) is 4.72. The minimum absolute atomic E-state index is 0.204. The average Bonchev–Trinajstić information content (AvgIpc) is 2.45. The van der Waals surface area contributed by atoms with Crippen molar-refractivity contribution < 1.29 is 4.74 Å². The third kappa shape index (κ3) is 3.58. The third-order valence-electron chi connectivity index (χ3n) is 3.27. The first kappa shape index (κ1) is 15.0. The Balaban J connectivity index is 2.20. The first-order valence-corrected chi connectivity index (χ1v) is 7.36. The molecule has 0 saturated carbocycles. The van der Waals surface area contributed by atoms with Crippen LogP contribution in [0.5, 0.6) is 5.75 Å². The Morgan fingerprint density at radius 3 is 2.70 bits per heavy atom. The zero-order valence-corrected chi connectivity index (χ0v) is 13.6. The summed E-state index contributed by atoms with van der Waals surface area (Å²) in [6.07, 6.45) is 0.884. The molecule has 1 aromatic carbocycles. The lowest BCUT2D eigenvalue weighted by Gasteiger charge is -2.17. The number of halogens is 1. The van der Waals surface area contributed by atoms with E-state index in [0.717, 1.165) is 28.0 Å². The van der Waals surface area contributed by atoms with Crippen LogP contribution in [0, 0.1) is 6.92 Å². The van der Waals surface area contributed by atoms with Gasteiger partial charge in [0.05, 0.1) is 23.3 Å². The van der Waals surface area contributed by atoms with E-state index in [0.29, 0.717) is 0 Å². The van der Waals surface area contributed by atoms with Crippen LogP contribution in [-0.2, 0) is 6.42 Å². The normalized spacial score (nSPS) is 12.2. The molecule has 0 spiro atoms. The van der Waals surface area contributed by atoms with Gasteiger partial charge in [-0.2, -0.15) is 0 Å². The predicted octanol–water partition coefficient (Wildman–Crippen LogP) is 3.66. The minimum atomic E-state index is 0.204. The smallest absolute Gasteiger partial charge is 0.133 e. The lowest BCUT2D eigenvalue weighted by Crippen LogP contribution is -2.20. The van der Waals surface area contributed by atoms with Gasteiger partial charge in [-0.05, 0) is 66.2 Å². The standard InChI is InChI=1S/C16H19BrN2O/c1-11-5-4-6-14(19-11)15(18-2)10-12-7-8-16(20-3)13(17)9-12/h4-9,15,18H,10H2,1-3H3. The van der Waals surface area contributed by atoms with Gasteiger partial charge in [-0.25, -0.2) is 0 Å². The van der Waals surface area contributed by atoms with Crippen molar-refractivity contribution in [3.8, 4) is 5.75 Å². The number of nitrogens with zero attached hydrogens (tertiary/aromatic N) is 1. The van der Waals surface area contributed by atoms with Crippen LogP contribution in [0.15, 0.2) is 40.9 Å². The Morgan fingerprint density at radius 2 is 2.10 bits per heavy atom. The molecule has 106 valence electrons. The molecular weight excluding hydrogens is 316 g/mol. The van der Waals surface area contributed by atoms with Crippen molar-refractivity contribution in [1.29, 1.82) is 0 Å². The first-order valence-electron chi connectivity index (χ1n) is 6.57. The molecule has 0 bridgehead atoms. The zero-order valence-electron chi connectivity index (χ0n) is 12.0. The van der Waals surface area contributed by atoms with Crippen LogP contribution in [0.4, 0.5) is 0 Å². The second-order valence-corrected chi connectivity index (χ2v) is 5.57. The van der Waals surface area contributed by atoms with Gasteiger partial charge in [0.1, 0.15) is 5.75 Å². The lowest BCUT2D eigenvalue weighted by atomic mass is 10.0. The van der Waals surface area contributed by atoms with Crippen LogP contribution in [-0.4, -0.2) is 19.1 Å². The monoisotopic (exact) mass is 334 g/mol. The maximum absolute atomic E-state index is 5.26. The lowest BCUT2D eigenvalue weighted by molar-refractivity contribution is 0.412. The molecule has 2 aromatic rings. The van der Waals surface area contributed by atoms with Gasteiger partial charge < -0.3 is 10.1 Å². The van der Waals surface area contributed by atoms with Crippen LogP contribution in [0.2, 0.25) is 0 Å². The Bertz CT molecular complexity index is 586.